The van der Waals surface area contributed by atoms with Crippen molar-refractivity contribution in [2.45, 2.75) is 38.5 Å². The average molecular weight is 188 g/mol. The van der Waals surface area contributed by atoms with E-state index in [0.717, 1.165) is 0 Å². The van der Waals surface area contributed by atoms with Gasteiger partial charge < -0.3 is 0 Å². The Hall–Kier alpha value is -1.04. The lowest BCUT2D eigenvalue weighted by molar-refractivity contribution is 0.840. The predicted molar refractivity (Wildman–Crippen MR) is 64.3 cm³/mol. The van der Waals surface area contributed by atoms with Crippen molar-refractivity contribution in [3.63, 3.8) is 0 Å². The van der Waals surface area contributed by atoms with Gasteiger partial charge >= 0.3 is 0 Å². The fourth-order valence-electron chi connectivity index (χ4n) is 1.42. The summed E-state index contributed by atoms with van der Waals surface area (Å²) in [5.41, 5.74) is 0. The molecule has 14 heavy (non-hydrogen) atoms. The molecule has 0 amide bonds. The van der Waals surface area contributed by atoms with Gasteiger partial charge in [0.2, 0.25) is 0 Å². The van der Waals surface area contributed by atoms with E-state index in [-0.39, 0.29) is 0 Å². The molecule has 0 aromatic carbocycles. The van der Waals surface area contributed by atoms with Gasteiger partial charge in [-0.25, -0.2) is 0 Å². The highest BCUT2D eigenvalue weighted by molar-refractivity contribution is 5.11. The molecule has 0 saturated carbocycles. The number of allylic oxidation sites excluding steroid dienone is 8. The van der Waals surface area contributed by atoms with Crippen molar-refractivity contribution in [2.24, 2.45) is 0 Å². The van der Waals surface area contributed by atoms with Crippen molar-refractivity contribution < 1.29 is 0 Å². The summed E-state index contributed by atoms with van der Waals surface area (Å²) >= 11 is 0. The molecule has 0 aliphatic heterocycles. The molecular formula is C14H20. The fraction of sp³-hybridized carbons (Fsp3) is 0.429. The van der Waals surface area contributed by atoms with Crippen LogP contribution in [0.2, 0.25) is 0 Å². The third kappa shape index (κ3) is 6.47. The van der Waals surface area contributed by atoms with Crippen LogP contribution in [0.25, 0.3) is 0 Å². The maximum atomic E-state index is 2.32. The minimum atomic E-state index is 1.19. The van der Waals surface area contributed by atoms with Crippen molar-refractivity contribution in [3.05, 3.63) is 48.6 Å². The zero-order chi connectivity index (χ0) is 9.90. The molecule has 0 fully saturated rings. The molecule has 0 atom stereocenters. The molecule has 1 aliphatic rings. The Morgan fingerprint density at radius 3 is 1.36 bits per heavy atom. The van der Waals surface area contributed by atoms with Crippen LogP contribution in [0.1, 0.15) is 38.5 Å². The summed E-state index contributed by atoms with van der Waals surface area (Å²) in [4.78, 5) is 0. The molecule has 0 N–H and O–H groups in total. The van der Waals surface area contributed by atoms with Crippen molar-refractivity contribution in [2.75, 3.05) is 0 Å². The molecule has 1 aliphatic carbocycles. The monoisotopic (exact) mass is 188 g/mol. The minimum Gasteiger partial charge on any atom is -0.0885 e. The summed E-state index contributed by atoms with van der Waals surface area (Å²) in [5.74, 6) is 0. The number of hydrogen-bond donors (Lipinski definition) is 0. The Labute approximate surface area is 87.7 Å². The maximum absolute atomic E-state index is 2.32. The van der Waals surface area contributed by atoms with E-state index in [2.05, 4.69) is 48.6 Å². The van der Waals surface area contributed by atoms with E-state index in [1.165, 1.54) is 38.5 Å². The number of hydrogen-bond acceptors (Lipinski definition) is 0. The molecular weight excluding hydrogens is 168 g/mol. The lowest BCUT2D eigenvalue weighted by Gasteiger charge is -1.92. The van der Waals surface area contributed by atoms with Crippen LogP contribution in [0, 0.1) is 0 Å². The Morgan fingerprint density at radius 1 is 0.429 bits per heavy atom. The van der Waals surface area contributed by atoms with Crippen LogP contribution in [0.4, 0.5) is 0 Å². The van der Waals surface area contributed by atoms with Gasteiger partial charge in [0.05, 0.1) is 0 Å². The second-order valence-electron chi connectivity index (χ2n) is 3.57. The maximum Gasteiger partial charge on any atom is -0.0345 e. The summed E-state index contributed by atoms with van der Waals surface area (Å²) in [6, 6.07) is 0. The van der Waals surface area contributed by atoms with Gasteiger partial charge in [-0.1, -0.05) is 48.6 Å². The summed E-state index contributed by atoms with van der Waals surface area (Å²) in [7, 11) is 0. The van der Waals surface area contributed by atoms with E-state index in [1.807, 2.05) is 0 Å². The van der Waals surface area contributed by atoms with Crippen molar-refractivity contribution >= 4 is 0 Å². The summed E-state index contributed by atoms with van der Waals surface area (Å²) in [5, 5.41) is 0. The highest BCUT2D eigenvalue weighted by atomic mass is 13.9. The third-order valence-electron chi connectivity index (χ3n) is 2.26. The van der Waals surface area contributed by atoms with E-state index in [1.54, 1.807) is 0 Å². The number of rotatable bonds is 0. The first kappa shape index (κ1) is 11.0. The van der Waals surface area contributed by atoms with Gasteiger partial charge in [-0.3, -0.25) is 0 Å². The lowest BCUT2D eigenvalue weighted by atomic mass is 10.1. The Balaban J connectivity index is 2.35. The van der Waals surface area contributed by atoms with Crippen LogP contribution in [-0.2, 0) is 0 Å². The van der Waals surface area contributed by atoms with Gasteiger partial charge in [0.25, 0.3) is 0 Å². The highest BCUT2D eigenvalue weighted by Crippen LogP contribution is 2.03. The quantitative estimate of drug-likeness (QED) is 0.489. The molecule has 0 nitrogen and oxygen atoms in total. The molecule has 0 spiro atoms. The van der Waals surface area contributed by atoms with E-state index in [4.69, 9.17) is 0 Å². The van der Waals surface area contributed by atoms with Crippen molar-refractivity contribution in [1.29, 1.82) is 0 Å². The molecule has 76 valence electrons. The predicted octanol–water partition coefficient (Wildman–Crippen LogP) is 4.57. The molecule has 0 bridgehead atoms. The van der Waals surface area contributed by atoms with E-state index < -0.39 is 0 Å². The molecule has 0 saturated heterocycles. The summed E-state index contributed by atoms with van der Waals surface area (Å²) in [6.45, 7) is 0. The lowest BCUT2D eigenvalue weighted by Crippen LogP contribution is -1.72. The first-order valence-corrected chi connectivity index (χ1v) is 5.63. The van der Waals surface area contributed by atoms with Crippen molar-refractivity contribution in [1.82, 2.24) is 0 Å². The van der Waals surface area contributed by atoms with Crippen LogP contribution < -0.4 is 0 Å². The molecule has 0 aromatic heterocycles. The van der Waals surface area contributed by atoms with E-state index in [9.17, 15) is 0 Å². The minimum absolute atomic E-state index is 1.19. The normalized spacial score (nSPS) is 24.0. The van der Waals surface area contributed by atoms with Gasteiger partial charge in [0.15, 0.2) is 0 Å². The molecule has 0 aromatic rings. The standard InChI is InChI=1S/C14H20/c1-2-4-6-8-10-12-14-13-11-9-7-5-3-1/h1-6,13-14H,7-12H2/b2-1?,5-3+,6-4?,14-13+. The Bertz CT molecular complexity index is 204. The second kappa shape index (κ2) is 8.55. The van der Waals surface area contributed by atoms with E-state index in [0.29, 0.717) is 0 Å². The molecule has 0 heterocycles. The second-order valence-corrected chi connectivity index (χ2v) is 3.57. The zero-order valence-electron chi connectivity index (χ0n) is 8.86. The van der Waals surface area contributed by atoms with Crippen molar-refractivity contribution in [3.8, 4) is 0 Å². The molecule has 0 radical (unpaired) electrons. The smallest absolute Gasteiger partial charge is 0.0345 e. The Morgan fingerprint density at radius 2 is 0.857 bits per heavy atom. The third-order valence-corrected chi connectivity index (χ3v) is 2.26. The average Bonchev–Trinajstić information content (AvgIpc) is 2.22. The van der Waals surface area contributed by atoms with Crippen LogP contribution in [-0.4, -0.2) is 0 Å². The molecule has 0 unspecified atom stereocenters. The van der Waals surface area contributed by atoms with Gasteiger partial charge in [0.1, 0.15) is 0 Å². The highest BCUT2D eigenvalue weighted by Gasteiger charge is 1.82. The van der Waals surface area contributed by atoms with Gasteiger partial charge in [-0.05, 0) is 38.5 Å². The van der Waals surface area contributed by atoms with Crippen LogP contribution in [0.5, 0.6) is 0 Å². The van der Waals surface area contributed by atoms with Gasteiger partial charge in [-0.2, -0.15) is 0 Å². The summed E-state index contributed by atoms with van der Waals surface area (Å²) < 4.78 is 0. The van der Waals surface area contributed by atoms with Crippen LogP contribution >= 0.6 is 0 Å². The van der Waals surface area contributed by atoms with Gasteiger partial charge in [-0.15, -0.1) is 0 Å². The SMILES string of the molecule is C1=C/C=C/CCC/C=C/CCCC=C1. The largest absolute Gasteiger partial charge is 0.0885 e. The zero-order valence-corrected chi connectivity index (χ0v) is 8.86. The fourth-order valence-corrected chi connectivity index (χ4v) is 1.42. The molecule has 0 heteroatoms. The van der Waals surface area contributed by atoms with Gasteiger partial charge in [0, 0.05) is 0 Å². The van der Waals surface area contributed by atoms with E-state index >= 15 is 0 Å². The Kier molecular flexibility index (Phi) is 6.74. The molecule has 1 rings (SSSR count). The first-order valence-electron chi connectivity index (χ1n) is 5.63. The first-order chi connectivity index (χ1) is 7.00. The summed E-state index contributed by atoms with van der Waals surface area (Å²) in [6.07, 6.45) is 25.0. The van der Waals surface area contributed by atoms with Crippen LogP contribution in [0.15, 0.2) is 48.6 Å². The topological polar surface area (TPSA) is 0 Å². The van der Waals surface area contributed by atoms with Crippen LogP contribution in [0.3, 0.4) is 0 Å².